The van der Waals surface area contributed by atoms with Crippen molar-refractivity contribution >= 4 is 0 Å². The molecular weight excluding hydrogens is 293 g/mol. The molecule has 0 radical (unpaired) electrons. The monoisotopic (exact) mass is 304 g/mol. The van der Waals surface area contributed by atoms with Crippen LogP contribution in [0.1, 0.15) is 18.7 Å². The van der Waals surface area contributed by atoms with Crippen LogP contribution in [0.4, 0.5) is 13.2 Å². The number of halogens is 3. The van der Waals surface area contributed by atoms with Crippen molar-refractivity contribution in [3.05, 3.63) is 18.0 Å². The molecule has 1 N–H and O–H groups in total. The molecule has 0 aromatic carbocycles. The zero-order valence-electron chi connectivity index (χ0n) is 11.0. The van der Waals surface area contributed by atoms with Gasteiger partial charge in [0.15, 0.2) is 6.10 Å². The third-order valence-corrected chi connectivity index (χ3v) is 2.72. The van der Waals surface area contributed by atoms with Crippen molar-refractivity contribution in [3.63, 3.8) is 0 Å². The van der Waals surface area contributed by atoms with E-state index >= 15 is 0 Å². The fourth-order valence-electron chi connectivity index (χ4n) is 1.49. The third kappa shape index (κ3) is 3.27. The molecule has 0 saturated heterocycles. The molecule has 2 aromatic heterocycles. The highest BCUT2D eigenvalue weighted by Gasteiger charge is 2.44. The Bertz CT molecular complexity index is 600. The molecule has 2 aromatic rings. The molecule has 10 heteroatoms. The number of ether oxygens (including phenoxy) is 1. The Balaban J connectivity index is 2.21. The summed E-state index contributed by atoms with van der Waals surface area (Å²) >= 11 is 0. The van der Waals surface area contributed by atoms with Crippen LogP contribution in [0.3, 0.4) is 0 Å². The first-order chi connectivity index (χ1) is 9.82. The second kappa shape index (κ2) is 5.64. The lowest BCUT2D eigenvalue weighted by molar-refractivity contribution is -0.210. The van der Waals surface area contributed by atoms with Crippen molar-refractivity contribution in [1.29, 1.82) is 0 Å². The van der Waals surface area contributed by atoms with E-state index in [2.05, 4.69) is 20.3 Å². The first-order valence-corrected chi connectivity index (χ1v) is 5.79. The molecule has 0 aliphatic heterocycles. The van der Waals surface area contributed by atoms with Gasteiger partial charge in [-0.3, -0.25) is 0 Å². The van der Waals surface area contributed by atoms with Gasteiger partial charge in [-0.25, -0.2) is 0 Å². The Morgan fingerprint density at radius 2 is 2.00 bits per heavy atom. The molecule has 0 bridgehead atoms. The summed E-state index contributed by atoms with van der Waals surface area (Å²) in [6.45, 7) is 1.13. The van der Waals surface area contributed by atoms with Crippen LogP contribution >= 0.6 is 0 Å². The van der Waals surface area contributed by atoms with Crippen molar-refractivity contribution in [2.75, 3.05) is 7.11 Å². The largest absolute Gasteiger partial charge is 0.480 e. The molecule has 0 spiro atoms. The maximum atomic E-state index is 12.4. The van der Waals surface area contributed by atoms with E-state index in [-0.39, 0.29) is 23.3 Å². The van der Waals surface area contributed by atoms with Gasteiger partial charge in [0, 0.05) is 6.07 Å². The van der Waals surface area contributed by atoms with Crippen LogP contribution in [0.5, 0.6) is 5.88 Å². The van der Waals surface area contributed by atoms with Gasteiger partial charge < -0.3 is 14.4 Å². The van der Waals surface area contributed by atoms with Gasteiger partial charge in [-0.05, 0) is 6.07 Å². The van der Waals surface area contributed by atoms with Crippen molar-refractivity contribution < 1.29 is 27.5 Å². The molecular formula is C11H11F3N4O3. The molecule has 0 amide bonds. The summed E-state index contributed by atoms with van der Waals surface area (Å²) in [7, 11) is 1.41. The van der Waals surface area contributed by atoms with Crippen LogP contribution in [0, 0.1) is 0 Å². The van der Waals surface area contributed by atoms with Crippen molar-refractivity contribution in [2.24, 2.45) is 0 Å². The first-order valence-electron chi connectivity index (χ1n) is 5.79. The highest BCUT2D eigenvalue weighted by molar-refractivity contribution is 5.47. The van der Waals surface area contributed by atoms with Gasteiger partial charge in [0.1, 0.15) is 5.69 Å². The number of methoxy groups -OCH3 is 1. The number of aliphatic hydroxyl groups is 1. The predicted molar refractivity (Wildman–Crippen MR) is 62.4 cm³/mol. The summed E-state index contributed by atoms with van der Waals surface area (Å²) in [6, 6.07) is 2.97. The third-order valence-electron chi connectivity index (χ3n) is 2.72. The Morgan fingerprint density at radius 1 is 1.29 bits per heavy atom. The van der Waals surface area contributed by atoms with E-state index in [1.807, 2.05) is 0 Å². The second-order valence-electron chi connectivity index (χ2n) is 4.19. The van der Waals surface area contributed by atoms with E-state index in [0.717, 1.165) is 6.92 Å². The molecule has 114 valence electrons. The molecule has 2 unspecified atom stereocenters. The average Bonchev–Trinajstić information content (AvgIpc) is 2.94. The number of nitrogens with zero attached hydrogens (tertiary/aromatic N) is 4. The highest BCUT2D eigenvalue weighted by atomic mass is 19.4. The fraction of sp³-hybridized carbons (Fsp3) is 0.455. The van der Waals surface area contributed by atoms with Crippen LogP contribution in [0.2, 0.25) is 0 Å². The molecule has 0 saturated carbocycles. The molecule has 7 nitrogen and oxygen atoms in total. The van der Waals surface area contributed by atoms with Crippen molar-refractivity contribution in [1.82, 2.24) is 20.3 Å². The molecule has 21 heavy (non-hydrogen) atoms. The maximum Gasteiger partial charge on any atom is 0.415 e. The van der Waals surface area contributed by atoms with E-state index < -0.39 is 18.2 Å². The highest BCUT2D eigenvalue weighted by Crippen LogP contribution is 2.31. The summed E-state index contributed by atoms with van der Waals surface area (Å²) in [5.74, 6) is -1.49. The van der Waals surface area contributed by atoms with Gasteiger partial charge in [0.25, 0.3) is 0 Å². The van der Waals surface area contributed by atoms with E-state index in [1.54, 1.807) is 0 Å². The number of rotatable bonds is 4. The lowest BCUT2D eigenvalue weighted by Crippen LogP contribution is -2.33. The van der Waals surface area contributed by atoms with Crippen LogP contribution in [-0.2, 0) is 0 Å². The van der Waals surface area contributed by atoms with Gasteiger partial charge >= 0.3 is 6.18 Å². The van der Waals surface area contributed by atoms with Gasteiger partial charge in [-0.2, -0.15) is 18.2 Å². The quantitative estimate of drug-likeness (QED) is 0.916. The van der Waals surface area contributed by atoms with E-state index in [0.29, 0.717) is 0 Å². The lowest BCUT2D eigenvalue weighted by Gasteiger charge is -2.17. The van der Waals surface area contributed by atoms with Gasteiger partial charge in [0.05, 0.1) is 13.0 Å². The molecule has 2 atom stereocenters. The number of alkyl halides is 3. The SMILES string of the molecule is COc1ccc(-c2noc(C(C)C(O)C(F)(F)F)n2)nn1. The summed E-state index contributed by atoms with van der Waals surface area (Å²) in [5, 5.41) is 20.1. The maximum absolute atomic E-state index is 12.4. The minimum atomic E-state index is -4.77. The topological polar surface area (TPSA) is 94.2 Å². The van der Waals surface area contributed by atoms with Crippen LogP contribution < -0.4 is 4.74 Å². The smallest absolute Gasteiger partial charge is 0.415 e. The number of aromatic nitrogens is 4. The van der Waals surface area contributed by atoms with Crippen LogP contribution in [0.15, 0.2) is 16.7 Å². The Labute approximate surface area is 116 Å². The lowest BCUT2D eigenvalue weighted by atomic mass is 10.1. The van der Waals surface area contributed by atoms with Gasteiger partial charge in [0.2, 0.25) is 17.6 Å². The van der Waals surface area contributed by atoms with E-state index in [9.17, 15) is 13.2 Å². The average molecular weight is 304 g/mol. The Kier molecular flexibility index (Phi) is 4.07. The zero-order chi connectivity index (χ0) is 15.6. The minimum Gasteiger partial charge on any atom is -0.480 e. The summed E-state index contributed by atoms with van der Waals surface area (Å²) < 4.78 is 46.8. The molecule has 2 heterocycles. The van der Waals surface area contributed by atoms with Crippen LogP contribution in [0.25, 0.3) is 11.5 Å². The molecule has 0 aliphatic carbocycles. The summed E-state index contributed by atoms with van der Waals surface area (Å²) in [4.78, 5) is 3.79. The summed E-state index contributed by atoms with van der Waals surface area (Å²) in [6.07, 6.45) is -7.36. The molecule has 2 rings (SSSR count). The van der Waals surface area contributed by atoms with Crippen molar-refractivity contribution in [2.45, 2.75) is 25.1 Å². The standard InChI is InChI=1S/C11H11F3N4O3/c1-5(8(19)11(12,13)14)10-15-9(18-21-10)6-3-4-7(20-2)17-16-6/h3-5,8,19H,1-2H3. The minimum absolute atomic E-state index is 0.0265. The van der Waals surface area contributed by atoms with Gasteiger partial charge in [-0.15, -0.1) is 10.2 Å². The zero-order valence-corrected chi connectivity index (χ0v) is 11.0. The van der Waals surface area contributed by atoms with Gasteiger partial charge in [-0.1, -0.05) is 12.1 Å². The van der Waals surface area contributed by atoms with Crippen LogP contribution in [-0.4, -0.2) is 44.8 Å². The number of hydrogen-bond donors (Lipinski definition) is 1. The molecule has 0 fully saturated rings. The van der Waals surface area contributed by atoms with E-state index in [4.69, 9.17) is 14.4 Å². The first kappa shape index (κ1) is 15.2. The number of hydrogen-bond acceptors (Lipinski definition) is 7. The Hall–Kier alpha value is -2.23. The normalized spacial score (nSPS) is 14.8. The fourth-order valence-corrected chi connectivity index (χ4v) is 1.49. The predicted octanol–water partition coefficient (Wildman–Crippen LogP) is 1.56. The Morgan fingerprint density at radius 3 is 2.52 bits per heavy atom. The van der Waals surface area contributed by atoms with Crippen molar-refractivity contribution in [3.8, 4) is 17.4 Å². The van der Waals surface area contributed by atoms with E-state index in [1.165, 1.54) is 19.2 Å². The summed E-state index contributed by atoms with van der Waals surface area (Å²) in [5.41, 5.74) is 0.208. The molecule has 0 aliphatic rings. The second-order valence-corrected chi connectivity index (χ2v) is 4.19. The number of aliphatic hydroxyl groups excluding tert-OH is 1.